The molecule has 6 nitrogen and oxygen atoms in total. The molecule has 2 N–H and O–H groups in total. The summed E-state index contributed by atoms with van der Waals surface area (Å²) in [6.45, 7) is 9.97. The fourth-order valence-corrected chi connectivity index (χ4v) is 2.96. The summed E-state index contributed by atoms with van der Waals surface area (Å²) in [7, 11) is 0. The topological polar surface area (TPSA) is 64.7 Å². The highest BCUT2D eigenvalue weighted by molar-refractivity contribution is 6.06. The second-order valence-corrected chi connectivity index (χ2v) is 6.19. The van der Waals surface area contributed by atoms with E-state index >= 15 is 0 Å². The maximum absolute atomic E-state index is 12.1. The Kier molecular flexibility index (Phi) is 4.65. The Morgan fingerprint density at radius 3 is 2.60 bits per heavy atom. The van der Waals surface area contributed by atoms with Crippen LogP contribution in [0.5, 0.6) is 0 Å². The number of rotatable bonds is 6. The predicted molar refractivity (Wildman–Crippen MR) is 77.5 cm³/mol. The predicted octanol–water partition coefficient (Wildman–Crippen LogP) is 0.391. The first-order valence-corrected chi connectivity index (χ1v) is 7.54. The van der Waals surface area contributed by atoms with Gasteiger partial charge in [-0.1, -0.05) is 6.92 Å². The first kappa shape index (κ1) is 15.3. The third-order valence-electron chi connectivity index (χ3n) is 4.12. The van der Waals surface area contributed by atoms with Crippen LogP contribution in [0.15, 0.2) is 0 Å². The van der Waals surface area contributed by atoms with E-state index in [9.17, 15) is 9.59 Å². The first-order chi connectivity index (χ1) is 9.45. The molecular weight excluding hydrogens is 256 g/mol. The second-order valence-electron chi connectivity index (χ2n) is 6.19. The van der Waals surface area contributed by atoms with Crippen LogP contribution in [0, 0.1) is 0 Å². The van der Waals surface area contributed by atoms with Crippen LogP contribution in [-0.4, -0.2) is 66.0 Å². The normalized spacial score (nSPS) is 25.6. The van der Waals surface area contributed by atoms with E-state index in [2.05, 4.69) is 22.5 Å². The van der Waals surface area contributed by atoms with Crippen molar-refractivity contribution in [3.63, 3.8) is 0 Å². The molecule has 2 heterocycles. The van der Waals surface area contributed by atoms with Crippen molar-refractivity contribution in [3.05, 3.63) is 0 Å². The average molecular weight is 282 g/mol. The molecule has 114 valence electrons. The van der Waals surface area contributed by atoms with Gasteiger partial charge in [0.15, 0.2) is 0 Å². The quantitative estimate of drug-likeness (QED) is 0.692. The van der Waals surface area contributed by atoms with Crippen LogP contribution in [0.1, 0.15) is 33.6 Å². The zero-order valence-corrected chi connectivity index (χ0v) is 12.7. The number of carbonyl (C=O) groups is 2. The molecule has 0 saturated carbocycles. The highest BCUT2D eigenvalue weighted by Crippen LogP contribution is 2.17. The number of nitrogens with zero attached hydrogens (tertiary/aromatic N) is 2. The van der Waals surface area contributed by atoms with E-state index in [0.29, 0.717) is 12.6 Å². The van der Waals surface area contributed by atoms with E-state index in [-0.39, 0.29) is 11.9 Å². The summed E-state index contributed by atoms with van der Waals surface area (Å²) in [6, 6.07) is 0.268. The summed E-state index contributed by atoms with van der Waals surface area (Å²) in [5, 5.41) is 6.09. The van der Waals surface area contributed by atoms with Crippen LogP contribution < -0.4 is 10.6 Å². The molecule has 3 amide bonds. The second kappa shape index (κ2) is 6.10. The van der Waals surface area contributed by atoms with Gasteiger partial charge >= 0.3 is 6.03 Å². The number of amides is 3. The zero-order valence-electron chi connectivity index (χ0n) is 12.7. The molecule has 0 bridgehead atoms. The van der Waals surface area contributed by atoms with Gasteiger partial charge in [-0.15, -0.1) is 0 Å². The van der Waals surface area contributed by atoms with E-state index in [0.717, 1.165) is 39.0 Å². The maximum atomic E-state index is 12.1. The molecule has 6 heteroatoms. The average Bonchev–Trinajstić information content (AvgIpc) is 2.95. The third-order valence-corrected chi connectivity index (χ3v) is 4.12. The molecule has 0 aliphatic carbocycles. The van der Waals surface area contributed by atoms with Crippen LogP contribution in [-0.2, 0) is 4.79 Å². The highest BCUT2D eigenvalue weighted by Gasteiger charge is 2.44. The molecule has 2 aliphatic rings. The van der Waals surface area contributed by atoms with Gasteiger partial charge in [-0.3, -0.25) is 14.6 Å². The Labute approximate surface area is 120 Å². The van der Waals surface area contributed by atoms with Gasteiger partial charge in [0.25, 0.3) is 5.91 Å². The summed E-state index contributed by atoms with van der Waals surface area (Å²) in [6.07, 6.45) is 2.23. The maximum Gasteiger partial charge on any atom is 0.325 e. The van der Waals surface area contributed by atoms with Crippen molar-refractivity contribution in [1.82, 2.24) is 20.4 Å². The van der Waals surface area contributed by atoms with E-state index in [4.69, 9.17) is 0 Å². The summed E-state index contributed by atoms with van der Waals surface area (Å²) >= 11 is 0. The molecule has 20 heavy (non-hydrogen) atoms. The number of carbonyl (C=O) groups excluding carboxylic acids is 2. The molecule has 2 saturated heterocycles. The van der Waals surface area contributed by atoms with Gasteiger partial charge in [0.05, 0.1) is 0 Å². The van der Waals surface area contributed by atoms with E-state index in [1.54, 1.807) is 13.8 Å². The molecule has 1 unspecified atom stereocenters. The molecular formula is C14H26N4O2. The third kappa shape index (κ3) is 3.12. The van der Waals surface area contributed by atoms with Crippen molar-refractivity contribution >= 4 is 11.9 Å². The van der Waals surface area contributed by atoms with Gasteiger partial charge in [0.1, 0.15) is 5.54 Å². The number of nitrogens with one attached hydrogen (secondary N) is 2. The summed E-state index contributed by atoms with van der Waals surface area (Å²) in [4.78, 5) is 27.7. The standard InChI is InChI=1S/C14H26N4O2/c1-4-7-17(11-5-6-15-10-11)8-9-18-12(19)14(2,3)16-13(18)20/h11,15H,4-10H2,1-3H3,(H,16,20). The Morgan fingerprint density at radius 2 is 2.10 bits per heavy atom. The van der Waals surface area contributed by atoms with Crippen LogP contribution in [0.4, 0.5) is 4.79 Å². The van der Waals surface area contributed by atoms with Crippen molar-refractivity contribution in [2.24, 2.45) is 0 Å². The van der Waals surface area contributed by atoms with Crippen molar-refractivity contribution < 1.29 is 9.59 Å². The Hall–Kier alpha value is -1.14. The smallest absolute Gasteiger partial charge is 0.324 e. The van der Waals surface area contributed by atoms with E-state index in [1.165, 1.54) is 4.90 Å². The van der Waals surface area contributed by atoms with Crippen LogP contribution in [0.3, 0.4) is 0 Å². The molecule has 2 aliphatic heterocycles. The fraction of sp³-hybridized carbons (Fsp3) is 0.857. The monoisotopic (exact) mass is 282 g/mol. The zero-order chi connectivity index (χ0) is 14.8. The number of urea groups is 1. The first-order valence-electron chi connectivity index (χ1n) is 7.54. The van der Waals surface area contributed by atoms with Crippen molar-refractivity contribution in [2.45, 2.75) is 45.2 Å². The molecule has 2 fully saturated rings. The molecule has 0 aromatic carbocycles. The van der Waals surface area contributed by atoms with Gasteiger partial charge in [-0.2, -0.15) is 0 Å². The van der Waals surface area contributed by atoms with Gasteiger partial charge in [-0.05, 0) is 39.8 Å². The lowest BCUT2D eigenvalue weighted by molar-refractivity contribution is -0.130. The summed E-state index contributed by atoms with van der Waals surface area (Å²) in [5.74, 6) is -0.122. The molecule has 0 radical (unpaired) electrons. The van der Waals surface area contributed by atoms with Gasteiger partial charge in [0.2, 0.25) is 0 Å². The molecule has 1 atom stereocenters. The van der Waals surface area contributed by atoms with Crippen molar-refractivity contribution in [1.29, 1.82) is 0 Å². The number of hydrogen-bond acceptors (Lipinski definition) is 4. The lowest BCUT2D eigenvalue weighted by Gasteiger charge is -2.29. The molecule has 2 rings (SSSR count). The fourth-order valence-electron chi connectivity index (χ4n) is 2.96. The minimum Gasteiger partial charge on any atom is -0.324 e. The Balaban J connectivity index is 1.92. The Bertz CT molecular complexity index is 377. The van der Waals surface area contributed by atoms with E-state index in [1.807, 2.05) is 0 Å². The lowest BCUT2D eigenvalue weighted by atomic mass is 10.1. The van der Waals surface area contributed by atoms with E-state index < -0.39 is 5.54 Å². The highest BCUT2D eigenvalue weighted by atomic mass is 16.2. The van der Waals surface area contributed by atoms with Gasteiger partial charge < -0.3 is 10.6 Å². The van der Waals surface area contributed by atoms with Crippen molar-refractivity contribution in [2.75, 3.05) is 32.7 Å². The molecule has 0 aromatic heterocycles. The van der Waals surface area contributed by atoms with Crippen LogP contribution in [0.25, 0.3) is 0 Å². The minimum absolute atomic E-state index is 0.122. The number of imide groups is 1. The summed E-state index contributed by atoms with van der Waals surface area (Å²) < 4.78 is 0. The van der Waals surface area contributed by atoms with Crippen molar-refractivity contribution in [3.8, 4) is 0 Å². The van der Waals surface area contributed by atoms with Gasteiger partial charge in [-0.25, -0.2) is 4.79 Å². The van der Waals surface area contributed by atoms with Gasteiger partial charge in [0, 0.05) is 25.7 Å². The lowest BCUT2D eigenvalue weighted by Crippen LogP contribution is -2.45. The molecule has 0 aromatic rings. The Morgan fingerprint density at radius 1 is 1.35 bits per heavy atom. The SMILES string of the molecule is CCCN(CCN1C(=O)NC(C)(C)C1=O)C1CCNC1. The van der Waals surface area contributed by atoms with Crippen LogP contribution in [0.2, 0.25) is 0 Å². The summed E-state index contributed by atoms with van der Waals surface area (Å²) in [5.41, 5.74) is -0.762. The minimum atomic E-state index is -0.762. The largest absolute Gasteiger partial charge is 0.325 e. The number of hydrogen-bond donors (Lipinski definition) is 2. The van der Waals surface area contributed by atoms with Crippen LogP contribution >= 0.6 is 0 Å². The molecule has 0 spiro atoms.